The second-order valence-corrected chi connectivity index (χ2v) is 7.68. The highest BCUT2D eigenvalue weighted by Gasteiger charge is 2.19. The van der Waals surface area contributed by atoms with E-state index in [9.17, 15) is 4.79 Å². The van der Waals surface area contributed by atoms with E-state index in [1.54, 1.807) is 0 Å². The number of pyridine rings is 1. The topological polar surface area (TPSA) is 59.3 Å². The number of benzene rings is 2. The molecule has 27 heavy (non-hydrogen) atoms. The molecule has 0 saturated heterocycles. The van der Waals surface area contributed by atoms with E-state index in [-0.39, 0.29) is 11.2 Å². The van der Waals surface area contributed by atoms with Crippen LogP contribution in [0.15, 0.2) is 65.8 Å². The predicted octanol–water partition coefficient (Wildman–Crippen LogP) is 4.56. The molecule has 5 nitrogen and oxygen atoms in total. The number of anilines is 1. The second kappa shape index (κ2) is 7.40. The van der Waals surface area contributed by atoms with Crippen LogP contribution in [0.25, 0.3) is 16.6 Å². The highest BCUT2D eigenvalue weighted by molar-refractivity contribution is 8.00. The number of fused-ring (bicyclic) bond motifs is 3. The van der Waals surface area contributed by atoms with Gasteiger partial charge in [0, 0.05) is 5.69 Å². The van der Waals surface area contributed by atoms with Crippen molar-refractivity contribution < 1.29 is 4.79 Å². The molecular formula is C21H20N4OS. The molecule has 0 aliphatic heterocycles. The number of aryl methyl sites for hydroxylation is 1. The van der Waals surface area contributed by atoms with Crippen molar-refractivity contribution in [2.75, 3.05) is 5.32 Å². The fourth-order valence-electron chi connectivity index (χ4n) is 2.97. The summed E-state index contributed by atoms with van der Waals surface area (Å²) < 4.78 is 2.00. The van der Waals surface area contributed by atoms with Crippen molar-refractivity contribution in [1.82, 2.24) is 14.6 Å². The average Bonchev–Trinajstić information content (AvgIpc) is 3.12. The van der Waals surface area contributed by atoms with Gasteiger partial charge in [0.25, 0.3) is 0 Å². The largest absolute Gasteiger partial charge is 0.325 e. The van der Waals surface area contributed by atoms with Gasteiger partial charge < -0.3 is 5.32 Å². The molecule has 4 rings (SSSR count). The molecule has 0 aliphatic rings. The van der Waals surface area contributed by atoms with E-state index in [0.29, 0.717) is 5.16 Å². The minimum Gasteiger partial charge on any atom is -0.325 e. The number of nitrogens with one attached hydrogen (secondary N) is 1. The summed E-state index contributed by atoms with van der Waals surface area (Å²) in [7, 11) is 0. The summed E-state index contributed by atoms with van der Waals surface area (Å²) in [6.45, 7) is 3.99. The van der Waals surface area contributed by atoms with Gasteiger partial charge in [0.05, 0.1) is 10.8 Å². The number of nitrogens with zero attached hydrogens (tertiary/aromatic N) is 3. The van der Waals surface area contributed by atoms with Crippen molar-refractivity contribution in [1.29, 1.82) is 0 Å². The van der Waals surface area contributed by atoms with Crippen LogP contribution in [-0.2, 0) is 11.2 Å². The molecule has 0 spiro atoms. The molecule has 0 radical (unpaired) electrons. The molecule has 2 heterocycles. The summed E-state index contributed by atoms with van der Waals surface area (Å²) in [6.07, 6.45) is 0.981. The third-order valence-corrected chi connectivity index (χ3v) is 5.57. The van der Waals surface area contributed by atoms with Gasteiger partial charge >= 0.3 is 0 Å². The van der Waals surface area contributed by atoms with Crippen LogP contribution in [-0.4, -0.2) is 25.8 Å². The average molecular weight is 376 g/mol. The Bertz CT molecular complexity index is 1100. The van der Waals surface area contributed by atoms with E-state index in [4.69, 9.17) is 0 Å². The van der Waals surface area contributed by atoms with Gasteiger partial charge in [-0.25, -0.2) is 0 Å². The van der Waals surface area contributed by atoms with Crippen LogP contribution in [0.4, 0.5) is 5.69 Å². The molecule has 1 N–H and O–H groups in total. The van der Waals surface area contributed by atoms with E-state index in [1.165, 1.54) is 17.3 Å². The molecule has 1 amide bonds. The lowest BCUT2D eigenvalue weighted by molar-refractivity contribution is -0.115. The van der Waals surface area contributed by atoms with Crippen LogP contribution in [0, 0.1) is 0 Å². The molecule has 2 aromatic carbocycles. The van der Waals surface area contributed by atoms with Crippen LogP contribution in [0.3, 0.4) is 0 Å². The summed E-state index contributed by atoms with van der Waals surface area (Å²) in [5.74, 6) is -0.0544. The van der Waals surface area contributed by atoms with E-state index < -0.39 is 0 Å². The SMILES string of the molecule is CCc1ccc(NC(=O)C(C)Sc2nnc3ccc4ccccc4n23)cc1. The molecule has 0 fully saturated rings. The first-order valence-electron chi connectivity index (χ1n) is 8.95. The number of thioether (sulfide) groups is 1. The monoisotopic (exact) mass is 376 g/mol. The van der Waals surface area contributed by atoms with Gasteiger partial charge in [-0.1, -0.05) is 49.0 Å². The van der Waals surface area contributed by atoms with Gasteiger partial charge in [0.2, 0.25) is 5.91 Å². The van der Waals surface area contributed by atoms with Crippen molar-refractivity contribution in [3.05, 3.63) is 66.2 Å². The maximum Gasteiger partial charge on any atom is 0.237 e. The van der Waals surface area contributed by atoms with Gasteiger partial charge in [0.1, 0.15) is 0 Å². The van der Waals surface area contributed by atoms with E-state index in [2.05, 4.69) is 28.5 Å². The molecule has 136 valence electrons. The Balaban J connectivity index is 1.56. The summed E-state index contributed by atoms with van der Waals surface area (Å²) >= 11 is 1.41. The van der Waals surface area contributed by atoms with Gasteiger partial charge in [-0.15, -0.1) is 10.2 Å². The Kier molecular flexibility index (Phi) is 4.81. The number of carbonyl (C=O) groups is 1. The molecule has 4 aromatic rings. The molecule has 0 aliphatic carbocycles. The lowest BCUT2D eigenvalue weighted by atomic mass is 10.1. The van der Waals surface area contributed by atoms with Crippen molar-refractivity contribution in [2.24, 2.45) is 0 Å². The molecule has 2 aromatic heterocycles. The number of carbonyl (C=O) groups excluding carboxylic acids is 1. The van der Waals surface area contributed by atoms with Crippen LogP contribution in [0.5, 0.6) is 0 Å². The standard InChI is InChI=1S/C21H20N4OS/c1-3-15-8-11-17(12-9-15)22-20(26)14(2)27-21-24-23-19-13-10-16-6-4-5-7-18(16)25(19)21/h4-14H,3H2,1-2H3,(H,22,26). The van der Waals surface area contributed by atoms with Gasteiger partial charge in [-0.05, 0) is 54.6 Å². The van der Waals surface area contributed by atoms with Crippen LogP contribution in [0.2, 0.25) is 0 Å². The number of hydrogen-bond donors (Lipinski definition) is 1. The number of hydrogen-bond acceptors (Lipinski definition) is 4. The summed E-state index contributed by atoms with van der Waals surface area (Å²) in [5, 5.41) is 13.0. The lowest BCUT2D eigenvalue weighted by Gasteiger charge is -2.12. The molecule has 0 saturated carbocycles. The first-order valence-corrected chi connectivity index (χ1v) is 9.83. The van der Waals surface area contributed by atoms with Crippen molar-refractivity contribution in [3.63, 3.8) is 0 Å². The Labute approximate surface area is 161 Å². The third-order valence-electron chi connectivity index (χ3n) is 4.53. The maximum atomic E-state index is 12.6. The first kappa shape index (κ1) is 17.5. The fraction of sp³-hybridized carbons (Fsp3) is 0.190. The zero-order valence-corrected chi connectivity index (χ0v) is 16.0. The predicted molar refractivity (Wildman–Crippen MR) is 110 cm³/mol. The summed E-state index contributed by atoms with van der Waals surface area (Å²) in [5.41, 5.74) is 3.86. The van der Waals surface area contributed by atoms with Gasteiger partial charge in [0.15, 0.2) is 10.8 Å². The van der Waals surface area contributed by atoms with Crippen LogP contribution >= 0.6 is 11.8 Å². The highest BCUT2D eigenvalue weighted by Crippen LogP contribution is 2.26. The Hall–Kier alpha value is -2.86. The number of amides is 1. The lowest BCUT2D eigenvalue weighted by Crippen LogP contribution is -2.22. The molecule has 6 heteroatoms. The molecule has 1 unspecified atom stereocenters. The first-order chi connectivity index (χ1) is 13.2. The number of rotatable bonds is 5. The fourth-order valence-corrected chi connectivity index (χ4v) is 3.84. The minimum atomic E-state index is -0.303. The molecule has 1 atom stereocenters. The summed E-state index contributed by atoms with van der Waals surface area (Å²) in [4.78, 5) is 12.6. The Morgan fingerprint density at radius 2 is 1.85 bits per heavy atom. The minimum absolute atomic E-state index is 0.0544. The van der Waals surface area contributed by atoms with Gasteiger partial charge in [-0.2, -0.15) is 0 Å². The molecular weight excluding hydrogens is 356 g/mol. The number of para-hydroxylation sites is 1. The maximum absolute atomic E-state index is 12.6. The molecule has 0 bridgehead atoms. The highest BCUT2D eigenvalue weighted by atomic mass is 32.2. The third kappa shape index (κ3) is 3.53. The van der Waals surface area contributed by atoms with E-state index in [1.807, 2.05) is 65.9 Å². The van der Waals surface area contributed by atoms with Crippen molar-refractivity contribution >= 4 is 39.9 Å². The zero-order valence-electron chi connectivity index (χ0n) is 15.2. The smallest absolute Gasteiger partial charge is 0.237 e. The van der Waals surface area contributed by atoms with Crippen molar-refractivity contribution in [2.45, 2.75) is 30.7 Å². The van der Waals surface area contributed by atoms with Crippen LogP contribution < -0.4 is 5.32 Å². The Morgan fingerprint density at radius 1 is 1.07 bits per heavy atom. The normalized spacial score (nSPS) is 12.4. The Morgan fingerprint density at radius 3 is 2.63 bits per heavy atom. The quantitative estimate of drug-likeness (QED) is 0.519. The second-order valence-electron chi connectivity index (χ2n) is 6.37. The van der Waals surface area contributed by atoms with Crippen molar-refractivity contribution in [3.8, 4) is 0 Å². The van der Waals surface area contributed by atoms with Gasteiger partial charge in [-0.3, -0.25) is 9.20 Å². The zero-order chi connectivity index (χ0) is 18.8. The van der Waals surface area contributed by atoms with Crippen LogP contribution in [0.1, 0.15) is 19.4 Å². The number of aromatic nitrogens is 3. The van der Waals surface area contributed by atoms with E-state index >= 15 is 0 Å². The van der Waals surface area contributed by atoms with E-state index in [0.717, 1.165) is 28.7 Å². The summed E-state index contributed by atoms with van der Waals surface area (Å²) in [6, 6.07) is 20.0.